The molecule has 0 saturated heterocycles. The molecule has 0 aliphatic heterocycles. The first-order valence-electron chi connectivity index (χ1n) is 8.84. The highest BCUT2D eigenvalue weighted by Crippen LogP contribution is 2.36. The number of fused-ring (bicyclic) bond motifs is 3. The average Bonchev–Trinajstić information content (AvgIpc) is 3.03. The number of rotatable bonds is 4. The van der Waals surface area contributed by atoms with Crippen LogP contribution in [-0.2, 0) is 4.79 Å². The van der Waals surface area contributed by atoms with Gasteiger partial charge in [-0.25, -0.2) is 0 Å². The van der Waals surface area contributed by atoms with Crippen LogP contribution in [0.3, 0.4) is 0 Å². The summed E-state index contributed by atoms with van der Waals surface area (Å²) >= 11 is 0. The molecule has 5 heteroatoms. The van der Waals surface area contributed by atoms with Gasteiger partial charge in [0.05, 0.1) is 13.3 Å². The number of carbonyl (C=O) groups excluding carboxylic acids is 1. The highest BCUT2D eigenvalue weighted by atomic mass is 16.6. The highest BCUT2D eigenvalue weighted by molar-refractivity contribution is 6.24. The fourth-order valence-corrected chi connectivity index (χ4v) is 3.26. The number of benzene rings is 3. The van der Waals surface area contributed by atoms with Gasteiger partial charge in [-0.05, 0) is 34.9 Å². The second kappa shape index (κ2) is 7.48. The molecular formula is C23H18N2O3. The van der Waals surface area contributed by atoms with Crippen LogP contribution >= 0.6 is 0 Å². The van der Waals surface area contributed by atoms with Crippen LogP contribution in [0.5, 0.6) is 11.5 Å². The second-order valence-corrected chi connectivity index (χ2v) is 6.29. The monoisotopic (exact) mass is 370 g/mol. The number of carbonyl (C=O) groups is 1. The van der Waals surface area contributed by atoms with E-state index in [2.05, 4.69) is 34.5 Å². The molecular weight excluding hydrogens is 352 g/mol. The van der Waals surface area contributed by atoms with Crippen molar-refractivity contribution in [1.29, 1.82) is 0 Å². The minimum Gasteiger partial charge on any atom is -0.493 e. The molecule has 28 heavy (non-hydrogen) atoms. The third-order valence-corrected chi connectivity index (χ3v) is 4.46. The van der Waals surface area contributed by atoms with Crippen LogP contribution in [0.25, 0.3) is 11.1 Å². The Balaban J connectivity index is 1.66. The van der Waals surface area contributed by atoms with Gasteiger partial charge >= 0.3 is 5.97 Å². The molecule has 0 N–H and O–H groups in total. The summed E-state index contributed by atoms with van der Waals surface area (Å²) < 4.78 is 10.4. The van der Waals surface area contributed by atoms with E-state index in [1.54, 1.807) is 24.4 Å². The molecule has 138 valence electrons. The van der Waals surface area contributed by atoms with E-state index in [0.29, 0.717) is 11.5 Å². The molecule has 0 spiro atoms. The first-order valence-corrected chi connectivity index (χ1v) is 8.84. The van der Waals surface area contributed by atoms with Crippen molar-refractivity contribution < 1.29 is 14.3 Å². The molecule has 0 unspecified atom stereocenters. The Morgan fingerprint density at radius 3 is 2.04 bits per heavy atom. The van der Waals surface area contributed by atoms with Gasteiger partial charge in [-0.1, -0.05) is 48.5 Å². The fourth-order valence-electron chi connectivity index (χ4n) is 3.26. The van der Waals surface area contributed by atoms with Gasteiger partial charge in [0.15, 0.2) is 11.5 Å². The first kappa shape index (κ1) is 17.7. The maximum absolute atomic E-state index is 11.2. The lowest BCUT2D eigenvalue weighted by Crippen LogP contribution is -2.03. The lowest BCUT2D eigenvalue weighted by molar-refractivity contribution is -0.132. The van der Waals surface area contributed by atoms with Gasteiger partial charge in [0.25, 0.3) is 0 Å². The van der Waals surface area contributed by atoms with Gasteiger partial charge in [-0.15, -0.1) is 5.10 Å². The van der Waals surface area contributed by atoms with E-state index in [1.807, 2.05) is 24.3 Å². The third kappa shape index (κ3) is 3.30. The Labute approximate surface area is 163 Å². The summed E-state index contributed by atoms with van der Waals surface area (Å²) in [5, 5.41) is 8.77. The second-order valence-electron chi connectivity index (χ2n) is 6.29. The zero-order valence-electron chi connectivity index (χ0n) is 15.5. The van der Waals surface area contributed by atoms with E-state index in [1.165, 1.54) is 25.2 Å². The normalized spacial score (nSPS) is 11.9. The minimum atomic E-state index is -0.398. The summed E-state index contributed by atoms with van der Waals surface area (Å²) in [6.45, 7) is 1.35. The van der Waals surface area contributed by atoms with Crippen molar-refractivity contribution in [3.8, 4) is 22.6 Å². The number of hydrogen-bond donors (Lipinski definition) is 0. The lowest BCUT2D eigenvalue weighted by atomic mass is 10.1. The van der Waals surface area contributed by atoms with E-state index >= 15 is 0 Å². The summed E-state index contributed by atoms with van der Waals surface area (Å²) in [4.78, 5) is 11.2. The molecule has 0 heterocycles. The average molecular weight is 370 g/mol. The van der Waals surface area contributed by atoms with Gasteiger partial charge in [0.2, 0.25) is 0 Å². The smallest absolute Gasteiger partial charge is 0.308 e. The van der Waals surface area contributed by atoms with Crippen LogP contribution in [-0.4, -0.2) is 25.0 Å². The number of methoxy groups -OCH3 is 1. The molecule has 3 aromatic rings. The summed E-state index contributed by atoms with van der Waals surface area (Å²) in [7, 11) is 1.52. The molecule has 0 saturated carbocycles. The topological polar surface area (TPSA) is 60.3 Å². The summed E-state index contributed by atoms with van der Waals surface area (Å²) in [6.07, 6.45) is 1.65. The van der Waals surface area contributed by atoms with Crippen LogP contribution in [0, 0.1) is 0 Å². The Hall–Kier alpha value is -3.73. The van der Waals surface area contributed by atoms with Crippen molar-refractivity contribution in [2.45, 2.75) is 6.92 Å². The number of nitrogens with zero attached hydrogens (tertiary/aromatic N) is 2. The molecule has 0 bridgehead atoms. The Morgan fingerprint density at radius 2 is 1.46 bits per heavy atom. The maximum atomic E-state index is 11.2. The van der Waals surface area contributed by atoms with Crippen LogP contribution < -0.4 is 9.47 Å². The molecule has 0 fully saturated rings. The first-order chi connectivity index (χ1) is 13.7. The lowest BCUT2D eigenvalue weighted by Gasteiger charge is -2.08. The predicted molar refractivity (Wildman–Crippen MR) is 109 cm³/mol. The molecule has 0 radical (unpaired) electrons. The quantitative estimate of drug-likeness (QED) is 0.230. The van der Waals surface area contributed by atoms with Gasteiger partial charge in [-0.3, -0.25) is 4.79 Å². The summed E-state index contributed by atoms with van der Waals surface area (Å²) in [5.74, 6) is 0.435. The third-order valence-electron chi connectivity index (χ3n) is 4.46. The Bertz CT molecular complexity index is 1070. The van der Waals surface area contributed by atoms with Crippen molar-refractivity contribution >= 4 is 17.9 Å². The van der Waals surface area contributed by atoms with Crippen molar-refractivity contribution in [1.82, 2.24) is 0 Å². The molecule has 3 aromatic carbocycles. The number of esters is 1. The largest absolute Gasteiger partial charge is 0.493 e. The fraction of sp³-hybridized carbons (Fsp3) is 0.0870. The van der Waals surface area contributed by atoms with Crippen molar-refractivity contribution in [3.63, 3.8) is 0 Å². The molecule has 4 rings (SSSR count). The van der Waals surface area contributed by atoms with E-state index in [9.17, 15) is 4.79 Å². The number of hydrogen-bond acceptors (Lipinski definition) is 5. The Morgan fingerprint density at radius 1 is 0.857 bits per heavy atom. The predicted octanol–water partition coefficient (Wildman–Crippen LogP) is 4.47. The Kier molecular flexibility index (Phi) is 4.72. The summed E-state index contributed by atoms with van der Waals surface area (Å²) in [6, 6.07) is 21.6. The minimum absolute atomic E-state index is 0.372. The molecule has 1 aliphatic rings. The molecule has 0 aromatic heterocycles. The van der Waals surface area contributed by atoms with Crippen LogP contribution in [0.2, 0.25) is 0 Å². The number of ether oxygens (including phenoxy) is 2. The van der Waals surface area contributed by atoms with E-state index in [0.717, 1.165) is 22.4 Å². The molecule has 1 aliphatic carbocycles. The maximum Gasteiger partial charge on any atom is 0.308 e. The zero-order chi connectivity index (χ0) is 19.5. The van der Waals surface area contributed by atoms with E-state index in [4.69, 9.17) is 9.47 Å². The summed E-state index contributed by atoms with van der Waals surface area (Å²) in [5.41, 5.74) is 6.12. The van der Waals surface area contributed by atoms with Crippen LogP contribution in [0.15, 0.2) is 76.9 Å². The van der Waals surface area contributed by atoms with Crippen LogP contribution in [0.4, 0.5) is 0 Å². The SMILES string of the molecule is COc1cc(/C=N\N=C2c3ccccc3-c3ccccc32)ccc1OC(C)=O. The molecule has 5 nitrogen and oxygen atoms in total. The van der Waals surface area contributed by atoms with E-state index < -0.39 is 5.97 Å². The highest BCUT2D eigenvalue weighted by Gasteiger charge is 2.23. The van der Waals surface area contributed by atoms with Crippen molar-refractivity contribution in [2.75, 3.05) is 7.11 Å². The molecule has 0 atom stereocenters. The van der Waals surface area contributed by atoms with Crippen LogP contribution in [0.1, 0.15) is 23.6 Å². The van der Waals surface area contributed by atoms with Crippen molar-refractivity contribution in [2.24, 2.45) is 10.2 Å². The van der Waals surface area contributed by atoms with Gasteiger partial charge in [-0.2, -0.15) is 5.10 Å². The molecule has 0 amide bonds. The van der Waals surface area contributed by atoms with Gasteiger partial charge in [0, 0.05) is 18.1 Å². The zero-order valence-corrected chi connectivity index (χ0v) is 15.5. The van der Waals surface area contributed by atoms with Gasteiger partial charge in [0.1, 0.15) is 5.71 Å². The van der Waals surface area contributed by atoms with Crippen molar-refractivity contribution in [3.05, 3.63) is 83.4 Å². The standard InChI is InChI=1S/C23H18N2O3/c1-15(26)28-21-12-11-16(13-22(21)27-2)14-24-25-23-19-9-5-3-7-17(19)18-8-4-6-10-20(18)23/h3-14H,1-2H3/b24-14-. The van der Waals surface area contributed by atoms with E-state index in [-0.39, 0.29) is 0 Å². The van der Waals surface area contributed by atoms with Gasteiger partial charge < -0.3 is 9.47 Å².